The van der Waals surface area contributed by atoms with E-state index >= 15 is 0 Å². The Hall–Kier alpha value is -4.10. The predicted molar refractivity (Wildman–Crippen MR) is 143 cm³/mol. The molecule has 0 N–H and O–H groups in total. The van der Waals surface area contributed by atoms with Crippen molar-refractivity contribution < 1.29 is 0 Å². The van der Waals surface area contributed by atoms with E-state index in [0.29, 0.717) is 0 Å². The number of anilines is 3. The van der Waals surface area contributed by atoms with Crippen molar-refractivity contribution in [2.75, 3.05) is 4.90 Å². The molecular weight excluding hydrogens is 422 g/mol. The molecule has 0 radical (unpaired) electrons. The highest BCUT2D eigenvalue weighted by molar-refractivity contribution is 5.98. The molecule has 0 unspecified atom stereocenters. The summed E-state index contributed by atoms with van der Waals surface area (Å²) in [4.78, 5) is 2.57. The summed E-state index contributed by atoms with van der Waals surface area (Å²) < 4.78 is 0. The van der Waals surface area contributed by atoms with Gasteiger partial charge in [0.05, 0.1) is 5.69 Å². The zero-order valence-corrected chi connectivity index (χ0v) is 19.4. The average Bonchev–Trinajstić information content (AvgIpc) is 3.46. The van der Waals surface area contributed by atoms with Gasteiger partial charge in [-0.25, -0.2) is 0 Å². The van der Waals surface area contributed by atoms with E-state index in [1.165, 1.54) is 78.3 Å². The smallest absolute Gasteiger partial charge is 0.0539 e. The number of fused-ring (bicyclic) bond motifs is 12. The lowest BCUT2D eigenvalue weighted by atomic mass is 9.81. The molecule has 0 atom stereocenters. The quantitative estimate of drug-likeness (QED) is 0.228. The summed E-state index contributed by atoms with van der Waals surface area (Å²) in [6, 6.07) is 34.3. The summed E-state index contributed by atoms with van der Waals surface area (Å²) in [5, 5.41) is 0. The van der Waals surface area contributed by atoms with Crippen LogP contribution in [0.2, 0.25) is 0 Å². The van der Waals surface area contributed by atoms with E-state index in [0.717, 1.165) is 25.7 Å². The molecule has 0 saturated carbocycles. The van der Waals surface area contributed by atoms with Gasteiger partial charge in [0.1, 0.15) is 0 Å². The van der Waals surface area contributed by atoms with Crippen LogP contribution < -0.4 is 4.90 Å². The first kappa shape index (κ1) is 18.3. The molecule has 164 valence electrons. The summed E-state index contributed by atoms with van der Waals surface area (Å²) in [6.07, 6.45) is 4.13. The van der Waals surface area contributed by atoms with Crippen LogP contribution in [0.4, 0.5) is 17.1 Å². The van der Waals surface area contributed by atoms with Crippen LogP contribution in [0.25, 0.3) is 22.3 Å². The zero-order chi connectivity index (χ0) is 22.7. The fourth-order valence-electron chi connectivity index (χ4n) is 7.34. The van der Waals surface area contributed by atoms with Crippen LogP contribution in [0.3, 0.4) is 0 Å². The zero-order valence-electron chi connectivity index (χ0n) is 19.4. The first-order chi connectivity index (χ1) is 17.3. The number of hydrogen-bond donors (Lipinski definition) is 0. The maximum absolute atomic E-state index is 2.57. The van der Waals surface area contributed by atoms with Gasteiger partial charge in [-0.2, -0.15) is 0 Å². The number of hydrogen-bond acceptors (Lipinski definition) is 1. The Balaban J connectivity index is 1.36. The molecule has 1 nitrogen and oxygen atoms in total. The molecule has 0 saturated heterocycles. The molecule has 2 aliphatic carbocycles. The van der Waals surface area contributed by atoms with Crippen molar-refractivity contribution in [3.63, 3.8) is 0 Å². The standard InChI is InChI=1S/C34H23N/c1-4-10-26-20(7-1)18-28-27(26)14-13-23-16-24-17-25-15-21-8-2-5-11-30(21)35-31-12-6-3-9-22(31)19-29(34(25)35)33(24)32(23)28/h1-14,17H,15-16,18-19H2. The summed E-state index contributed by atoms with van der Waals surface area (Å²) >= 11 is 0. The molecule has 2 aliphatic heterocycles. The topological polar surface area (TPSA) is 3.24 Å². The van der Waals surface area contributed by atoms with Gasteiger partial charge in [-0.05, 0) is 91.7 Å². The van der Waals surface area contributed by atoms with Gasteiger partial charge in [0.15, 0.2) is 0 Å². The lowest BCUT2D eigenvalue weighted by Gasteiger charge is -2.40. The maximum Gasteiger partial charge on any atom is 0.0539 e. The summed E-state index contributed by atoms with van der Waals surface area (Å²) in [6.45, 7) is 0. The van der Waals surface area contributed by atoms with Gasteiger partial charge in [0, 0.05) is 24.2 Å². The van der Waals surface area contributed by atoms with Crippen molar-refractivity contribution in [1.82, 2.24) is 0 Å². The minimum atomic E-state index is 1.01. The van der Waals surface area contributed by atoms with Crippen molar-refractivity contribution >= 4 is 17.1 Å². The first-order valence-electron chi connectivity index (χ1n) is 12.7. The van der Waals surface area contributed by atoms with E-state index in [-0.39, 0.29) is 0 Å². The average molecular weight is 446 g/mol. The third-order valence-corrected chi connectivity index (χ3v) is 8.70. The Morgan fingerprint density at radius 1 is 0.429 bits per heavy atom. The van der Waals surface area contributed by atoms with Crippen LogP contribution in [0.1, 0.15) is 44.5 Å². The third kappa shape index (κ3) is 2.24. The van der Waals surface area contributed by atoms with Crippen LogP contribution >= 0.6 is 0 Å². The number of benzene rings is 5. The van der Waals surface area contributed by atoms with Crippen molar-refractivity contribution in [1.29, 1.82) is 0 Å². The fraction of sp³-hybridized carbons (Fsp3) is 0.118. The predicted octanol–water partition coefficient (Wildman–Crippen LogP) is 8.11. The van der Waals surface area contributed by atoms with E-state index in [9.17, 15) is 0 Å². The maximum atomic E-state index is 2.57. The molecule has 2 heterocycles. The molecule has 0 bridgehead atoms. The summed E-state index contributed by atoms with van der Waals surface area (Å²) in [7, 11) is 0. The Kier molecular flexibility index (Phi) is 3.29. The van der Waals surface area contributed by atoms with Gasteiger partial charge >= 0.3 is 0 Å². The van der Waals surface area contributed by atoms with Crippen molar-refractivity contribution in [2.45, 2.75) is 25.7 Å². The fourth-order valence-corrected chi connectivity index (χ4v) is 7.34. The van der Waals surface area contributed by atoms with Gasteiger partial charge in [-0.1, -0.05) is 78.9 Å². The minimum absolute atomic E-state index is 1.01. The second-order valence-corrected chi connectivity index (χ2v) is 10.5. The molecule has 0 amide bonds. The first-order valence-corrected chi connectivity index (χ1v) is 12.7. The van der Waals surface area contributed by atoms with Crippen LogP contribution in [-0.4, -0.2) is 0 Å². The highest BCUT2D eigenvalue weighted by Crippen LogP contribution is 2.57. The Bertz CT molecular complexity index is 1740. The molecule has 0 fully saturated rings. The van der Waals surface area contributed by atoms with Crippen LogP contribution in [0.15, 0.2) is 91.0 Å². The molecule has 35 heavy (non-hydrogen) atoms. The van der Waals surface area contributed by atoms with Crippen molar-refractivity contribution in [2.24, 2.45) is 0 Å². The largest absolute Gasteiger partial charge is 0.309 e. The number of nitrogens with zero attached hydrogens (tertiary/aromatic N) is 1. The van der Waals surface area contributed by atoms with E-state index in [2.05, 4.69) is 95.9 Å². The summed E-state index contributed by atoms with van der Waals surface area (Å²) in [5.74, 6) is 0. The monoisotopic (exact) mass is 445 g/mol. The molecule has 9 rings (SSSR count). The lowest BCUT2D eigenvalue weighted by molar-refractivity contribution is 1.01. The van der Waals surface area contributed by atoms with Crippen molar-refractivity contribution in [3.05, 3.63) is 136 Å². The van der Waals surface area contributed by atoms with E-state index in [1.807, 2.05) is 0 Å². The SMILES string of the molecule is c1ccc2c(c1)Cc1c-2ccc2c1-c1c(cc3c4c1Cc1ccccc1N4c1ccccc1C3)C2. The van der Waals surface area contributed by atoms with Gasteiger partial charge in [-0.3, -0.25) is 0 Å². The van der Waals surface area contributed by atoms with Gasteiger partial charge in [-0.15, -0.1) is 0 Å². The molecule has 4 aliphatic rings. The highest BCUT2D eigenvalue weighted by Gasteiger charge is 2.37. The second kappa shape index (κ2) is 6.31. The second-order valence-electron chi connectivity index (χ2n) is 10.5. The van der Waals surface area contributed by atoms with Gasteiger partial charge in [0.25, 0.3) is 0 Å². The normalized spacial score (nSPS) is 14.9. The Labute approximate surface area is 205 Å². The third-order valence-electron chi connectivity index (χ3n) is 8.70. The van der Waals surface area contributed by atoms with Crippen LogP contribution in [0, 0.1) is 0 Å². The molecule has 5 aromatic rings. The van der Waals surface area contributed by atoms with Crippen LogP contribution in [0.5, 0.6) is 0 Å². The van der Waals surface area contributed by atoms with Crippen molar-refractivity contribution in [3.8, 4) is 22.3 Å². The molecule has 5 aromatic carbocycles. The molecular formula is C34H23N. The van der Waals surface area contributed by atoms with Gasteiger partial charge in [0.2, 0.25) is 0 Å². The van der Waals surface area contributed by atoms with E-state index in [1.54, 1.807) is 5.56 Å². The summed E-state index contributed by atoms with van der Waals surface area (Å²) in [5.41, 5.74) is 22.0. The molecule has 0 spiro atoms. The van der Waals surface area contributed by atoms with Crippen LogP contribution in [-0.2, 0) is 25.7 Å². The highest BCUT2D eigenvalue weighted by atomic mass is 15.2. The molecule has 1 heteroatoms. The van der Waals surface area contributed by atoms with E-state index in [4.69, 9.17) is 0 Å². The minimum Gasteiger partial charge on any atom is -0.309 e. The number of para-hydroxylation sites is 2. The van der Waals surface area contributed by atoms with Gasteiger partial charge < -0.3 is 4.90 Å². The lowest BCUT2D eigenvalue weighted by Crippen LogP contribution is -2.25. The Morgan fingerprint density at radius 3 is 1.89 bits per heavy atom. The number of rotatable bonds is 0. The van der Waals surface area contributed by atoms with E-state index < -0.39 is 0 Å². The molecule has 0 aromatic heterocycles. The Morgan fingerprint density at radius 2 is 1.06 bits per heavy atom.